The lowest BCUT2D eigenvalue weighted by molar-refractivity contribution is -0.305. The molecule has 0 aromatic heterocycles. The first kappa shape index (κ1) is 9.23. The molecule has 0 aliphatic heterocycles. The van der Waals surface area contributed by atoms with Crippen molar-refractivity contribution in [2.24, 2.45) is 0 Å². The highest BCUT2D eigenvalue weighted by Crippen LogP contribution is 1.61. The van der Waals surface area contributed by atoms with Crippen molar-refractivity contribution in [3.8, 4) is 0 Å². The van der Waals surface area contributed by atoms with E-state index in [1.165, 1.54) is 6.92 Å². The van der Waals surface area contributed by atoms with Crippen LogP contribution in [0.1, 0.15) is 13.3 Å². The van der Waals surface area contributed by atoms with E-state index in [0.29, 0.717) is 0 Å². The maximum absolute atomic E-state index is 9.26. The summed E-state index contributed by atoms with van der Waals surface area (Å²) in [5.74, 6) is -0.995. The minimum absolute atomic E-state index is 0. The molecular weight excluding hydrogens is 103 g/mol. The summed E-state index contributed by atoms with van der Waals surface area (Å²) in [7, 11) is 0. The molecule has 0 spiro atoms. The fourth-order valence-electron chi connectivity index (χ4n) is 0. The highest BCUT2D eigenvalue weighted by Gasteiger charge is 1.65. The van der Waals surface area contributed by atoms with E-state index < -0.39 is 5.97 Å². The molecule has 0 N–H and O–H groups in total. The fraction of sp³-hybridized carbons (Fsp3) is 0.667. The Morgan fingerprint density at radius 2 is 2.00 bits per heavy atom. The zero-order valence-electron chi connectivity index (χ0n) is 3.40. The lowest BCUT2D eigenvalue weighted by Gasteiger charge is -1.87. The smallest absolute Gasteiger partial charge is 0.0411 e. The Bertz CT molecular complexity index is 44.1. The molecule has 0 heterocycles. The van der Waals surface area contributed by atoms with E-state index in [9.17, 15) is 9.90 Å². The van der Waals surface area contributed by atoms with Gasteiger partial charge in [-0.1, -0.05) is 6.92 Å². The standard InChI is InChI=1S/C3H6O2.ClH/c1-2-3(4)5;/h2H2,1H3,(H,4,5);1H/p-2. The number of rotatable bonds is 1. The van der Waals surface area contributed by atoms with Crippen LogP contribution in [0.5, 0.6) is 0 Å². The average Bonchev–Trinajstić information content (AvgIpc) is 1.38. The van der Waals surface area contributed by atoms with Crippen LogP contribution in [-0.2, 0) is 4.79 Å². The van der Waals surface area contributed by atoms with E-state index in [2.05, 4.69) is 0 Å². The number of hydrogen-bond donors (Lipinski definition) is 0. The quantitative estimate of drug-likeness (QED) is 0.345. The second-order valence-electron chi connectivity index (χ2n) is 0.726. The molecule has 0 saturated carbocycles. The van der Waals surface area contributed by atoms with Gasteiger partial charge in [0.2, 0.25) is 0 Å². The molecule has 0 saturated heterocycles. The number of hydrogen-bond acceptors (Lipinski definition) is 2. The van der Waals surface area contributed by atoms with Gasteiger partial charge in [-0.15, -0.1) is 0 Å². The van der Waals surface area contributed by atoms with Gasteiger partial charge < -0.3 is 22.3 Å². The molecule has 2 nitrogen and oxygen atoms in total. The van der Waals surface area contributed by atoms with Crippen LogP contribution in [0.3, 0.4) is 0 Å². The number of carbonyl (C=O) groups excluding carboxylic acids is 1. The molecule has 0 fully saturated rings. The zero-order valence-corrected chi connectivity index (χ0v) is 4.16. The van der Waals surface area contributed by atoms with Crippen molar-refractivity contribution in [1.29, 1.82) is 0 Å². The van der Waals surface area contributed by atoms with E-state index in [0.717, 1.165) is 0 Å². The van der Waals surface area contributed by atoms with Gasteiger partial charge in [0.25, 0.3) is 0 Å². The molecule has 0 atom stereocenters. The third-order valence-corrected chi connectivity index (χ3v) is 0.289. The molecule has 3 heteroatoms. The van der Waals surface area contributed by atoms with Crippen LogP contribution in [0.2, 0.25) is 0 Å². The number of carboxylic acids is 1. The molecule has 38 valence electrons. The maximum atomic E-state index is 9.26. The minimum atomic E-state index is -0.995. The van der Waals surface area contributed by atoms with Crippen molar-refractivity contribution < 1.29 is 22.3 Å². The summed E-state index contributed by atoms with van der Waals surface area (Å²) in [6, 6.07) is 0. The Labute approximate surface area is 42.6 Å². The van der Waals surface area contributed by atoms with E-state index >= 15 is 0 Å². The molecule has 0 aromatic rings. The Kier molecular flexibility index (Phi) is 7.32. The van der Waals surface area contributed by atoms with Gasteiger partial charge in [-0.2, -0.15) is 0 Å². The molecule has 0 aromatic carbocycles. The summed E-state index contributed by atoms with van der Waals surface area (Å²) < 4.78 is 0. The molecule has 0 bridgehead atoms. The van der Waals surface area contributed by atoms with Gasteiger partial charge in [-0.05, 0) is 6.42 Å². The van der Waals surface area contributed by atoms with Crippen LogP contribution < -0.4 is 17.5 Å². The maximum Gasteiger partial charge on any atom is 0.0411 e. The van der Waals surface area contributed by atoms with E-state index in [4.69, 9.17) is 0 Å². The lowest BCUT2D eigenvalue weighted by atomic mass is 10.5. The monoisotopic (exact) mass is 108 g/mol. The molecule has 0 aliphatic rings. The van der Waals surface area contributed by atoms with Crippen LogP contribution in [0.25, 0.3) is 0 Å². The summed E-state index contributed by atoms with van der Waals surface area (Å²) in [6.07, 6.45) is 0.111. The second-order valence-corrected chi connectivity index (χ2v) is 0.726. The van der Waals surface area contributed by atoms with Gasteiger partial charge >= 0.3 is 0 Å². The van der Waals surface area contributed by atoms with E-state index in [1.54, 1.807) is 0 Å². The number of halogens is 1. The van der Waals surface area contributed by atoms with Crippen LogP contribution in [0.15, 0.2) is 0 Å². The van der Waals surface area contributed by atoms with Crippen molar-refractivity contribution in [2.75, 3.05) is 0 Å². The Morgan fingerprint density at radius 3 is 2.00 bits per heavy atom. The van der Waals surface area contributed by atoms with Gasteiger partial charge in [0, 0.05) is 5.97 Å². The summed E-state index contributed by atoms with van der Waals surface area (Å²) in [6.45, 7) is 1.54. The summed E-state index contributed by atoms with van der Waals surface area (Å²) in [5.41, 5.74) is 0. The van der Waals surface area contributed by atoms with Gasteiger partial charge in [-0.3, -0.25) is 0 Å². The highest BCUT2D eigenvalue weighted by atomic mass is 35.5. The molecule has 0 aliphatic carbocycles. The van der Waals surface area contributed by atoms with Crippen LogP contribution >= 0.6 is 0 Å². The van der Waals surface area contributed by atoms with Crippen molar-refractivity contribution in [3.63, 3.8) is 0 Å². The van der Waals surface area contributed by atoms with Crippen molar-refractivity contribution >= 4 is 5.97 Å². The summed E-state index contributed by atoms with van der Waals surface area (Å²) >= 11 is 0. The normalized spacial score (nSPS) is 6.17. The Balaban J connectivity index is 0. The molecule has 0 radical (unpaired) electrons. The van der Waals surface area contributed by atoms with Gasteiger partial charge in [0.1, 0.15) is 0 Å². The summed E-state index contributed by atoms with van der Waals surface area (Å²) in [5, 5.41) is 9.26. The van der Waals surface area contributed by atoms with Gasteiger partial charge in [0.05, 0.1) is 0 Å². The predicted molar refractivity (Wildman–Crippen MR) is 15.3 cm³/mol. The SMILES string of the molecule is CCC(=O)[O-].[Cl-]. The Hall–Kier alpha value is -0.240. The van der Waals surface area contributed by atoms with Crippen molar-refractivity contribution in [3.05, 3.63) is 0 Å². The van der Waals surface area contributed by atoms with E-state index in [1.807, 2.05) is 0 Å². The fourth-order valence-corrected chi connectivity index (χ4v) is 0. The first-order valence-corrected chi connectivity index (χ1v) is 1.47. The minimum Gasteiger partial charge on any atom is -1.00 e. The van der Waals surface area contributed by atoms with Crippen LogP contribution in [0.4, 0.5) is 0 Å². The highest BCUT2D eigenvalue weighted by molar-refractivity contribution is 5.63. The largest absolute Gasteiger partial charge is 1.00 e. The third kappa shape index (κ3) is 9.25. The number of carboxylic acid groups (broad SMARTS) is 1. The van der Waals surface area contributed by atoms with Gasteiger partial charge in [-0.25, -0.2) is 0 Å². The average molecular weight is 109 g/mol. The molecule has 6 heavy (non-hydrogen) atoms. The van der Waals surface area contributed by atoms with Crippen molar-refractivity contribution in [2.45, 2.75) is 13.3 Å². The Morgan fingerprint density at radius 1 is 1.83 bits per heavy atom. The van der Waals surface area contributed by atoms with Crippen LogP contribution in [0, 0.1) is 0 Å². The van der Waals surface area contributed by atoms with Gasteiger partial charge in [0.15, 0.2) is 0 Å². The molecule has 0 unspecified atom stereocenters. The zero-order chi connectivity index (χ0) is 4.28. The molecule has 0 rings (SSSR count). The molecular formula is C3H5ClO2-2. The lowest BCUT2D eigenvalue weighted by Crippen LogP contribution is -3.00. The topological polar surface area (TPSA) is 40.1 Å². The first-order valence-electron chi connectivity index (χ1n) is 1.47. The van der Waals surface area contributed by atoms with E-state index in [-0.39, 0.29) is 18.8 Å². The van der Waals surface area contributed by atoms with Crippen LogP contribution in [-0.4, -0.2) is 5.97 Å². The number of carbonyl (C=O) groups is 1. The number of aliphatic carboxylic acids is 1. The first-order chi connectivity index (χ1) is 2.27. The third-order valence-electron chi connectivity index (χ3n) is 0.289. The second kappa shape index (κ2) is 4.76. The van der Waals surface area contributed by atoms with Crippen molar-refractivity contribution in [1.82, 2.24) is 0 Å². The predicted octanol–water partition coefficient (Wildman–Crippen LogP) is -3.85. The summed E-state index contributed by atoms with van der Waals surface area (Å²) in [4.78, 5) is 9.26. The molecule has 0 amide bonds.